The van der Waals surface area contributed by atoms with E-state index in [1.54, 1.807) is 31.4 Å². The van der Waals surface area contributed by atoms with Crippen molar-refractivity contribution in [1.82, 2.24) is 4.90 Å². The van der Waals surface area contributed by atoms with Gasteiger partial charge in [0, 0.05) is 17.7 Å². The number of unbranched alkanes of at least 4 members (excludes halogenated alkanes) is 1. The van der Waals surface area contributed by atoms with Crippen LogP contribution in [-0.2, 0) is 15.0 Å². The Bertz CT molecular complexity index is 1050. The van der Waals surface area contributed by atoms with Gasteiger partial charge in [0.15, 0.2) is 0 Å². The summed E-state index contributed by atoms with van der Waals surface area (Å²) in [5, 5.41) is 21.0. The molecule has 1 saturated heterocycles. The molecule has 0 aromatic heterocycles. The number of rotatable bonds is 6. The third-order valence-corrected chi connectivity index (χ3v) is 5.78. The fourth-order valence-electron chi connectivity index (χ4n) is 4.04. The molecule has 0 radical (unpaired) electrons. The zero-order valence-electron chi connectivity index (χ0n) is 19.3. The highest BCUT2D eigenvalue weighted by Crippen LogP contribution is 2.41. The van der Waals surface area contributed by atoms with Crippen LogP contribution in [0.4, 0.5) is 0 Å². The Labute approximate surface area is 189 Å². The van der Waals surface area contributed by atoms with Gasteiger partial charge in [-0.05, 0) is 47.7 Å². The number of carbonyl (C=O) groups excluding carboxylic acids is 2. The summed E-state index contributed by atoms with van der Waals surface area (Å²) in [7, 11) is 1.59. The standard InChI is InChI=1S/C26H31NO5/c1-6-7-14-27-22(16-8-11-18(28)12-9-16)21(24(30)25(27)31)23(29)17-10-13-20(32-5)19(15-17)26(2,3)4/h8-13,15,22,28-29H,6-7,14H2,1-5H3/b23-21-. The minimum absolute atomic E-state index is 0.0572. The zero-order valence-corrected chi connectivity index (χ0v) is 19.3. The largest absolute Gasteiger partial charge is 0.508 e. The maximum atomic E-state index is 13.1. The molecule has 1 fully saturated rings. The van der Waals surface area contributed by atoms with E-state index in [0.717, 1.165) is 18.4 Å². The van der Waals surface area contributed by atoms with Crippen LogP contribution >= 0.6 is 0 Å². The second-order valence-electron chi connectivity index (χ2n) is 9.10. The van der Waals surface area contributed by atoms with Crippen molar-refractivity contribution >= 4 is 17.4 Å². The van der Waals surface area contributed by atoms with Crippen molar-refractivity contribution in [3.05, 3.63) is 64.7 Å². The molecule has 1 aliphatic heterocycles. The van der Waals surface area contributed by atoms with Gasteiger partial charge in [-0.25, -0.2) is 0 Å². The normalized spacial score (nSPS) is 18.3. The van der Waals surface area contributed by atoms with Crippen molar-refractivity contribution in [3.63, 3.8) is 0 Å². The number of aromatic hydroxyl groups is 1. The lowest BCUT2D eigenvalue weighted by Crippen LogP contribution is -2.30. The number of phenolic OH excluding ortho intramolecular Hbond substituents is 1. The lowest BCUT2D eigenvalue weighted by Gasteiger charge is -2.26. The quantitative estimate of drug-likeness (QED) is 0.381. The third kappa shape index (κ3) is 4.35. The highest BCUT2D eigenvalue weighted by Gasteiger charge is 2.45. The summed E-state index contributed by atoms with van der Waals surface area (Å²) >= 11 is 0. The van der Waals surface area contributed by atoms with E-state index in [1.165, 1.54) is 17.0 Å². The number of methoxy groups -OCH3 is 1. The van der Waals surface area contributed by atoms with Gasteiger partial charge in [-0.15, -0.1) is 0 Å². The smallest absolute Gasteiger partial charge is 0.295 e. The highest BCUT2D eigenvalue weighted by molar-refractivity contribution is 6.46. The van der Waals surface area contributed by atoms with Crippen LogP contribution in [0.3, 0.4) is 0 Å². The van der Waals surface area contributed by atoms with E-state index in [0.29, 0.717) is 23.4 Å². The minimum Gasteiger partial charge on any atom is -0.508 e. The summed E-state index contributed by atoms with van der Waals surface area (Å²) in [5.74, 6) is -0.766. The van der Waals surface area contributed by atoms with Gasteiger partial charge in [0.25, 0.3) is 11.7 Å². The maximum Gasteiger partial charge on any atom is 0.295 e. The summed E-state index contributed by atoms with van der Waals surface area (Å²) in [6.45, 7) is 8.52. The number of nitrogens with zero attached hydrogens (tertiary/aromatic N) is 1. The van der Waals surface area contributed by atoms with E-state index < -0.39 is 17.7 Å². The van der Waals surface area contributed by atoms with Gasteiger partial charge in [0.2, 0.25) is 0 Å². The van der Waals surface area contributed by atoms with Crippen molar-refractivity contribution < 1.29 is 24.5 Å². The number of amides is 1. The number of phenols is 1. The number of hydrogen-bond donors (Lipinski definition) is 2. The molecule has 0 spiro atoms. The predicted molar refractivity (Wildman–Crippen MR) is 124 cm³/mol. The van der Waals surface area contributed by atoms with Crippen LogP contribution in [0.15, 0.2) is 48.0 Å². The summed E-state index contributed by atoms with van der Waals surface area (Å²) < 4.78 is 5.48. The van der Waals surface area contributed by atoms with Gasteiger partial charge in [-0.3, -0.25) is 9.59 Å². The van der Waals surface area contributed by atoms with Crippen molar-refractivity contribution in [1.29, 1.82) is 0 Å². The molecule has 0 aliphatic carbocycles. The van der Waals surface area contributed by atoms with E-state index in [2.05, 4.69) is 0 Å². The molecule has 6 nitrogen and oxygen atoms in total. The van der Waals surface area contributed by atoms with Crippen molar-refractivity contribution in [2.45, 2.75) is 52.0 Å². The topological polar surface area (TPSA) is 87.1 Å². The highest BCUT2D eigenvalue weighted by atomic mass is 16.5. The number of ether oxygens (including phenoxy) is 1. The Hall–Kier alpha value is -3.28. The number of hydrogen-bond acceptors (Lipinski definition) is 5. The number of Topliss-reactive ketones (excluding diaryl/α,β-unsaturated/α-hetero) is 1. The average molecular weight is 438 g/mol. The van der Waals surface area contributed by atoms with E-state index in [-0.39, 0.29) is 22.5 Å². The molecule has 1 amide bonds. The molecule has 170 valence electrons. The maximum absolute atomic E-state index is 13.1. The molecule has 2 aromatic carbocycles. The van der Waals surface area contributed by atoms with E-state index >= 15 is 0 Å². The monoisotopic (exact) mass is 437 g/mol. The lowest BCUT2D eigenvalue weighted by molar-refractivity contribution is -0.139. The number of carbonyl (C=O) groups is 2. The van der Waals surface area contributed by atoms with Crippen LogP contribution in [0, 0.1) is 0 Å². The average Bonchev–Trinajstić information content (AvgIpc) is 3.01. The minimum atomic E-state index is -0.720. The molecule has 1 unspecified atom stereocenters. The molecule has 6 heteroatoms. The van der Waals surface area contributed by atoms with Crippen LogP contribution in [0.25, 0.3) is 5.76 Å². The molecule has 1 aliphatic rings. The van der Waals surface area contributed by atoms with Crippen molar-refractivity contribution in [2.24, 2.45) is 0 Å². The van der Waals surface area contributed by atoms with Gasteiger partial charge in [0.05, 0.1) is 18.7 Å². The summed E-state index contributed by atoms with van der Waals surface area (Å²) in [6, 6.07) is 10.9. The van der Waals surface area contributed by atoms with Gasteiger partial charge in [0.1, 0.15) is 17.3 Å². The second-order valence-corrected chi connectivity index (χ2v) is 9.10. The molecular formula is C26H31NO5. The zero-order chi connectivity index (χ0) is 23.6. The Morgan fingerprint density at radius 3 is 2.31 bits per heavy atom. The fraction of sp³-hybridized carbons (Fsp3) is 0.385. The molecule has 1 heterocycles. The SMILES string of the molecule is CCCCN1C(=O)C(=O)/C(=C(\O)c2ccc(OC)c(C(C)(C)C)c2)C1c1ccc(O)cc1. The summed E-state index contributed by atoms with van der Waals surface area (Å²) in [5.41, 5.74) is 1.79. The number of likely N-dealkylation sites (tertiary alicyclic amines) is 1. The van der Waals surface area contributed by atoms with Crippen LogP contribution < -0.4 is 4.74 Å². The Morgan fingerprint density at radius 2 is 1.75 bits per heavy atom. The summed E-state index contributed by atoms with van der Waals surface area (Å²) in [6.07, 6.45) is 1.59. The second kappa shape index (κ2) is 9.07. The number of aliphatic hydroxyl groups excluding tert-OH is 1. The van der Waals surface area contributed by atoms with E-state index in [1.807, 2.05) is 33.8 Å². The first kappa shape index (κ1) is 23.4. The Morgan fingerprint density at radius 1 is 1.09 bits per heavy atom. The molecule has 32 heavy (non-hydrogen) atoms. The van der Waals surface area contributed by atoms with Crippen LogP contribution in [-0.4, -0.2) is 40.5 Å². The Kier molecular flexibility index (Phi) is 6.63. The number of benzene rings is 2. The fourth-order valence-corrected chi connectivity index (χ4v) is 4.04. The Balaban J connectivity index is 2.20. The van der Waals surface area contributed by atoms with Gasteiger partial charge >= 0.3 is 0 Å². The van der Waals surface area contributed by atoms with Crippen LogP contribution in [0.2, 0.25) is 0 Å². The number of ketones is 1. The van der Waals surface area contributed by atoms with Crippen LogP contribution in [0.5, 0.6) is 11.5 Å². The van der Waals surface area contributed by atoms with Crippen molar-refractivity contribution in [3.8, 4) is 11.5 Å². The van der Waals surface area contributed by atoms with E-state index in [4.69, 9.17) is 4.74 Å². The van der Waals surface area contributed by atoms with Crippen molar-refractivity contribution in [2.75, 3.05) is 13.7 Å². The summed E-state index contributed by atoms with van der Waals surface area (Å²) in [4.78, 5) is 27.5. The number of aliphatic hydroxyl groups is 1. The first-order valence-corrected chi connectivity index (χ1v) is 10.9. The molecule has 0 saturated carbocycles. The van der Waals surface area contributed by atoms with Gasteiger partial charge < -0.3 is 19.8 Å². The molecule has 2 N–H and O–H groups in total. The molecule has 0 bridgehead atoms. The van der Waals surface area contributed by atoms with E-state index in [9.17, 15) is 19.8 Å². The van der Waals surface area contributed by atoms with Gasteiger partial charge in [-0.2, -0.15) is 0 Å². The van der Waals surface area contributed by atoms with Gasteiger partial charge in [-0.1, -0.05) is 46.2 Å². The van der Waals surface area contributed by atoms with Crippen LogP contribution in [0.1, 0.15) is 63.3 Å². The molecule has 2 aromatic rings. The first-order valence-electron chi connectivity index (χ1n) is 10.9. The third-order valence-electron chi connectivity index (χ3n) is 5.78. The molecular weight excluding hydrogens is 406 g/mol. The first-order chi connectivity index (χ1) is 15.1. The lowest BCUT2D eigenvalue weighted by atomic mass is 9.84. The predicted octanol–water partition coefficient (Wildman–Crippen LogP) is 4.92. The molecule has 3 rings (SSSR count). The molecule has 1 atom stereocenters.